The molecule has 2 aromatic carbocycles. The largest absolute Gasteiger partial charge is 0.480 e. The summed E-state index contributed by atoms with van der Waals surface area (Å²) in [5, 5.41) is 18.2. The molecule has 3 rings (SSSR count). The molecule has 4 heteroatoms. The van der Waals surface area contributed by atoms with Crippen LogP contribution in [0.4, 0.5) is 0 Å². The molecular formula is C19H18N2O2. The van der Waals surface area contributed by atoms with Gasteiger partial charge >= 0.3 is 5.97 Å². The van der Waals surface area contributed by atoms with Crippen molar-refractivity contribution in [2.45, 2.75) is 6.04 Å². The van der Waals surface area contributed by atoms with Crippen LogP contribution in [0, 0.1) is 23.2 Å². The Labute approximate surface area is 135 Å². The van der Waals surface area contributed by atoms with E-state index >= 15 is 0 Å². The highest BCUT2D eigenvalue weighted by molar-refractivity contribution is 5.73. The minimum Gasteiger partial charge on any atom is -0.480 e. The second-order valence-electron chi connectivity index (χ2n) is 5.88. The Bertz CT molecular complexity index is 664. The van der Waals surface area contributed by atoms with Crippen LogP contribution in [0.15, 0.2) is 60.7 Å². The third-order valence-corrected chi connectivity index (χ3v) is 4.41. The first-order chi connectivity index (χ1) is 11.2. The summed E-state index contributed by atoms with van der Waals surface area (Å²) in [6.45, 7) is 1.25. The minimum atomic E-state index is -1.02. The first-order valence-electron chi connectivity index (χ1n) is 7.67. The number of hydrogen-bond donors (Lipinski definition) is 1. The molecule has 0 bridgehead atoms. The Balaban J connectivity index is 1.82. The molecule has 0 spiro atoms. The van der Waals surface area contributed by atoms with E-state index < -0.39 is 11.9 Å². The lowest BCUT2D eigenvalue weighted by Gasteiger charge is -2.45. The topological polar surface area (TPSA) is 64.3 Å². The molecular weight excluding hydrogens is 288 g/mol. The summed E-state index contributed by atoms with van der Waals surface area (Å²) in [7, 11) is 0. The van der Waals surface area contributed by atoms with E-state index in [0.29, 0.717) is 13.1 Å². The molecule has 2 aromatic rings. The van der Waals surface area contributed by atoms with Crippen LogP contribution in [0.25, 0.3) is 0 Å². The highest BCUT2D eigenvalue weighted by atomic mass is 16.4. The summed E-state index contributed by atoms with van der Waals surface area (Å²) in [6, 6.07) is 22.4. The third-order valence-electron chi connectivity index (χ3n) is 4.41. The summed E-state index contributed by atoms with van der Waals surface area (Å²) in [4.78, 5) is 13.4. The van der Waals surface area contributed by atoms with Gasteiger partial charge in [0.05, 0.1) is 12.1 Å². The summed E-state index contributed by atoms with van der Waals surface area (Å²) >= 11 is 0. The number of nitriles is 1. The van der Waals surface area contributed by atoms with Crippen LogP contribution in [0.1, 0.15) is 17.2 Å². The monoisotopic (exact) mass is 306 g/mol. The van der Waals surface area contributed by atoms with Crippen molar-refractivity contribution in [1.82, 2.24) is 4.90 Å². The standard InChI is InChI=1S/C19H18N2O2/c20-11-17(19(22)23)16-12-21(13-16)18(14-7-3-1-4-8-14)15-9-5-2-6-10-15/h1-10,16-18H,12-13H2,(H,22,23)/t17-/m0/s1. The van der Waals surface area contributed by atoms with Crippen molar-refractivity contribution < 1.29 is 9.90 Å². The molecule has 0 amide bonds. The number of hydrogen-bond acceptors (Lipinski definition) is 3. The van der Waals surface area contributed by atoms with Crippen molar-refractivity contribution in [3.63, 3.8) is 0 Å². The predicted octanol–water partition coefficient (Wildman–Crippen LogP) is 2.93. The van der Waals surface area contributed by atoms with E-state index in [4.69, 9.17) is 10.4 Å². The molecule has 1 fully saturated rings. The SMILES string of the molecule is N#C[C@H](C(=O)O)C1CN(C(c2ccccc2)c2ccccc2)C1. The van der Waals surface area contributed by atoms with Gasteiger partial charge in [-0.15, -0.1) is 0 Å². The maximum absolute atomic E-state index is 11.1. The zero-order chi connectivity index (χ0) is 16.2. The van der Waals surface area contributed by atoms with Gasteiger partial charge in [0, 0.05) is 19.0 Å². The number of carboxylic acid groups (broad SMARTS) is 1. The Morgan fingerprint density at radius 3 is 1.91 bits per heavy atom. The lowest BCUT2D eigenvalue weighted by atomic mass is 9.83. The van der Waals surface area contributed by atoms with Crippen LogP contribution in [-0.4, -0.2) is 29.1 Å². The van der Waals surface area contributed by atoms with E-state index in [9.17, 15) is 4.79 Å². The van der Waals surface area contributed by atoms with Gasteiger partial charge < -0.3 is 5.11 Å². The Morgan fingerprint density at radius 2 is 1.52 bits per heavy atom. The van der Waals surface area contributed by atoms with E-state index in [1.807, 2.05) is 42.5 Å². The van der Waals surface area contributed by atoms with Crippen LogP contribution in [0.5, 0.6) is 0 Å². The van der Waals surface area contributed by atoms with Gasteiger partial charge in [0.25, 0.3) is 0 Å². The van der Waals surface area contributed by atoms with E-state index in [1.54, 1.807) is 0 Å². The quantitative estimate of drug-likeness (QED) is 0.922. The molecule has 1 atom stereocenters. The molecule has 0 aromatic heterocycles. The highest BCUT2D eigenvalue weighted by Gasteiger charge is 2.41. The summed E-state index contributed by atoms with van der Waals surface area (Å²) in [6.07, 6.45) is 0. The number of nitrogens with zero attached hydrogens (tertiary/aromatic N) is 2. The van der Waals surface area contributed by atoms with Gasteiger partial charge in [-0.2, -0.15) is 5.26 Å². The fourth-order valence-corrected chi connectivity index (χ4v) is 3.22. The van der Waals surface area contributed by atoms with Crippen LogP contribution < -0.4 is 0 Å². The number of carbonyl (C=O) groups is 1. The van der Waals surface area contributed by atoms with Crippen LogP contribution >= 0.6 is 0 Å². The van der Waals surface area contributed by atoms with Crippen LogP contribution in [0.3, 0.4) is 0 Å². The van der Waals surface area contributed by atoms with Gasteiger partial charge in [-0.05, 0) is 11.1 Å². The van der Waals surface area contributed by atoms with Gasteiger partial charge in [-0.3, -0.25) is 9.69 Å². The van der Waals surface area contributed by atoms with Gasteiger partial charge in [0.15, 0.2) is 0 Å². The third kappa shape index (κ3) is 3.10. The average molecular weight is 306 g/mol. The average Bonchev–Trinajstić information content (AvgIpc) is 2.54. The maximum atomic E-state index is 11.1. The normalized spacial score (nSPS) is 16.5. The number of benzene rings is 2. The summed E-state index contributed by atoms with van der Waals surface area (Å²) in [5.41, 5.74) is 2.36. The van der Waals surface area contributed by atoms with Crippen molar-refractivity contribution in [2.24, 2.45) is 11.8 Å². The van der Waals surface area contributed by atoms with Crippen molar-refractivity contribution in [1.29, 1.82) is 5.26 Å². The number of rotatable bonds is 5. The van der Waals surface area contributed by atoms with Gasteiger partial charge in [0.1, 0.15) is 5.92 Å². The van der Waals surface area contributed by atoms with Crippen molar-refractivity contribution in [2.75, 3.05) is 13.1 Å². The molecule has 0 aliphatic carbocycles. The molecule has 1 saturated heterocycles. The van der Waals surface area contributed by atoms with E-state index in [-0.39, 0.29) is 12.0 Å². The van der Waals surface area contributed by atoms with Crippen molar-refractivity contribution >= 4 is 5.97 Å². The second-order valence-corrected chi connectivity index (χ2v) is 5.88. The van der Waals surface area contributed by atoms with Gasteiger partial charge in [-0.1, -0.05) is 60.7 Å². The smallest absolute Gasteiger partial charge is 0.321 e. The molecule has 0 saturated carbocycles. The highest BCUT2D eigenvalue weighted by Crippen LogP contribution is 2.36. The first-order valence-corrected chi connectivity index (χ1v) is 7.67. The maximum Gasteiger partial charge on any atom is 0.321 e. The summed E-state index contributed by atoms with van der Waals surface area (Å²) in [5.74, 6) is -2.04. The second kappa shape index (κ2) is 6.64. The number of likely N-dealkylation sites (tertiary alicyclic amines) is 1. The molecule has 1 aliphatic rings. The van der Waals surface area contributed by atoms with E-state index in [0.717, 1.165) is 0 Å². The van der Waals surface area contributed by atoms with Crippen LogP contribution in [0.2, 0.25) is 0 Å². The number of aliphatic carboxylic acids is 1. The molecule has 0 radical (unpaired) electrons. The van der Waals surface area contributed by atoms with Crippen molar-refractivity contribution in [3.8, 4) is 6.07 Å². The Morgan fingerprint density at radius 1 is 1.04 bits per heavy atom. The van der Waals surface area contributed by atoms with Crippen molar-refractivity contribution in [3.05, 3.63) is 71.8 Å². The minimum absolute atomic E-state index is 0.0989. The Kier molecular flexibility index (Phi) is 4.40. The fraction of sp³-hybridized carbons (Fsp3) is 0.263. The van der Waals surface area contributed by atoms with Gasteiger partial charge in [-0.25, -0.2) is 0 Å². The molecule has 1 N–H and O–H groups in total. The molecule has 116 valence electrons. The lowest BCUT2D eigenvalue weighted by Crippen LogP contribution is -2.52. The number of carboxylic acids is 1. The molecule has 1 heterocycles. The lowest BCUT2D eigenvalue weighted by molar-refractivity contribution is -0.143. The fourth-order valence-electron chi connectivity index (χ4n) is 3.22. The molecule has 23 heavy (non-hydrogen) atoms. The summed E-state index contributed by atoms with van der Waals surface area (Å²) < 4.78 is 0. The van der Waals surface area contributed by atoms with E-state index in [2.05, 4.69) is 29.2 Å². The predicted molar refractivity (Wildman–Crippen MR) is 86.5 cm³/mol. The molecule has 0 unspecified atom stereocenters. The van der Waals surface area contributed by atoms with E-state index in [1.165, 1.54) is 11.1 Å². The first kappa shape index (κ1) is 15.3. The zero-order valence-corrected chi connectivity index (χ0v) is 12.7. The zero-order valence-electron chi connectivity index (χ0n) is 12.7. The van der Waals surface area contributed by atoms with Crippen LogP contribution in [-0.2, 0) is 4.79 Å². The van der Waals surface area contributed by atoms with Gasteiger partial charge in [0.2, 0.25) is 0 Å². The molecule has 1 aliphatic heterocycles. The molecule has 4 nitrogen and oxygen atoms in total. The Hall–Kier alpha value is -2.64.